The molecule has 118 valence electrons. The molecule has 0 nitrogen and oxygen atoms in total. The zero-order valence-electron chi connectivity index (χ0n) is 14.5. The predicted molar refractivity (Wildman–Crippen MR) is 92.0 cm³/mol. The van der Waals surface area contributed by atoms with E-state index in [9.17, 15) is 0 Å². The Morgan fingerprint density at radius 1 is 0.800 bits per heavy atom. The second-order valence-corrected chi connectivity index (χ2v) is 7.22. The van der Waals surface area contributed by atoms with Crippen LogP contribution in [0, 0.1) is 23.7 Å². The molecule has 0 bridgehead atoms. The van der Waals surface area contributed by atoms with E-state index in [-0.39, 0.29) is 0 Å². The van der Waals surface area contributed by atoms with Crippen molar-refractivity contribution in [1.29, 1.82) is 0 Å². The largest absolute Gasteiger partial charge is 0.0885 e. The van der Waals surface area contributed by atoms with Crippen molar-refractivity contribution < 1.29 is 0 Å². The lowest BCUT2D eigenvalue weighted by Gasteiger charge is -2.24. The standard InChI is InChI=1S/C20H38/c1-5-7-9-10-11-13-15-20-18(4)16-17(3)19(20)14-12-8-6-2/h11,13,17-20H,5-10,12,14-16H2,1-4H3/b13-11-/t17-,18+,19+,20+/m1/s1. The minimum absolute atomic E-state index is 0.942. The highest BCUT2D eigenvalue weighted by Crippen LogP contribution is 2.45. The summed E-state index contributed by atoms with van der Waals surface area (Å²) in [6.07, 6.45) is 18.9. The summed E-state index contributed by atoms with van der Waals surface area (Å²) < 4.78 is 0. The van der Waals surface area contributed by atoms with Crippen molar-refractivity contribution in [2.45, 2.75) is 91.9 Å². The Kier molecular flexibility index (Phi) is 9.31. The first-order valence-electron chi connectivity index (χ1n) is 9.35. The fraction of sp³-hybridized carbons (Fsp3) is 0.900. The third-order valence-electron chi connectivity index (χ3n) is 5.45. The second kappa shape index (κ2) is 10.5. The van der Waals surface area contributed by atoms with E-state index in [0.717, 1.165) is 23.7 Å². The summed E-state index contributed by atoms with van der Waals surface area (Å²) in [4.78, 5) is 0. The number of rotatable bonds is 10. The molecule has 0 heteroatoms. The SMILES string of the molecule is CCCCC/C=C\C[C@@H]1[C@@H](CCCCC)[C@H](C)C[C@@H]1C. The molecule has 0 aromatic carbocycles. The van der Waals surface area contributed by atoms with E-state index in [1.54, 1.807) is 0 Å². The van der Waals surface area contributed by atoms with Gasteiger partial charge in [0.1, 0.15) is 0 Å². The van der Waals surface area contributed by atoms with E-state index >= 15 is 0 Å². The van der Waals surface area contributed by atoms with E-state index in [2.05, 4.69) is 39.8 Å². The summed E-state index contributed by atoms with van der Waals surface area (Å²) in [7, 11) is 0. The molecular formula is C20H38. The van der Waals surface area contributed by atoms with Crippen molar-refractivity contribution in [3.63, 3.8) is 0 Å². The Morgan fingerprint density at radius 2 is 1.45 bits per heavy atom. The van der Waals surface area contributed by atoms with Crippen molar-refractivity contribution >= 4 is 0 Å². The third kappa shape index (κ3) is 6.02. The van der Waals surface area contributed by atoms with Gasteiger partial charge in [0.25, 0.3) is 0 Å². The number of hydrogen-bond donors (Lipinski definition) is 0. The molecule has 1 aliphatic carbocycles. The van der Waals surface area contributed by atoms with Crippen LogP contribution in [0.5, 0.6) is 0 Å². The lowest BCUT2D eigenvalue weighted by Crippen LogP contribution is -2.15. The molecule has 1 aliphatic rings. The zero-order valence-corrected chi connectivity index (χ0v) is 14.5. The highest BCUT2D eigenvalue weighted by molar-refractivity contribution is 4.93. The fourth-order valence-corrected chi connectivity index (χ4v) is 4.20. The van der Waals surface area contributed by atoms with Crippen LogP contribution in [0.4, 0.5) is 0 Å². The molecule has 4 atom stereocenters. The monoisotopic (exact) mass is 278 g/mol. The first kappa shape index (κ1) is 17.8. The lowest BCUT2D eigenvalue weighted by molar-refractivity contribution is 0.275. The fourth-order valence-electron chi connectivity index (χ4n) is 4.20. The lowest BCUT2D eigenvalue weighted by atomic mass is 9.82. The molecular weight excluding hydrogens is 240 g/mol. The van der Waals surface area contributed by atoms with Gasteiger partial charge in [0.2, 0.25) is 0 Å². The van der Waals surface area contributed by atoms with E-state index in [1.165, 1.54) is 64.2 Å². The molecule has 0 aliphatic heterocycles. The molecule has 0 unspecified atom stereocenters. The maximum absolute atomic E-state index is 2.50. The molecule has 0 amide bonds. The molecule has 0 aromatic heterocycles. The Labute approximate surface area is 128 Å². The van der Waals surface area contributed by atoms with Crippen molar-refractivity contribution in [3.05, 3.63) is 12.2 Å². The van der Waals surface area contributed by atoms with Crippen LogP contribution in [0.25, 0.3) is 0 Å². The summed E-state index contributed by atoms with van der Waals surface area (Å²) in [5.41, 5.74) is 0. The van der Waals surface area contributed by atoms with Gasteiger partial charge in [0.15, 0.2) is 0 Å². The van der Waals surface area contributed by atoms with Gasteiger partial charge < -0.3 is 0 Å². The van der Waals surface area contributed by atoms with Gasteiger partial charge in [-0.15, -0.1) is 0 Å². The topological polar surface area (TPSA) is 0 Å². The quantitative estimate of drug-likeness (QED) is 0.298. The van der Waals surface area contributed by atoms with E-state index in [1.807, 2.05) is 0 Å². The Morgan fingerprint density at radius 3 is 2.15 bits per heavy atom. The van der Waals surface area contributed by atoms with Crippen LogP contribution in [0.15, 0.2) is 12.2 Å². The first-order valence-corrected chi connectivity index (χ1v) is 9.35. The third-order valence-corrected chi connectivity index (χ3v) is 5.45. The van der Waals surface area contributed by atoms with Crippen LogP contribution in [-0.4, -0.2) is 0 Å². The van der Waals surface area contributed by atoms with Gasteiger partial charge in [0.05, 0.1) is 0 Å². The maximum atomic E-state index is 2.50. The van der Waals surface area contributed by atoms with Crippen molar-refractivity contribution in [2.75, 3.05) is 0 Å². The molecule has 0 heterocycles. The Bertz CT molecular complexity index is 253. The number of allylic oxidation sites excluding steroid dienone is 2. The van der Waals surface area contributed by atoms with E-state index in [0.29, 0.717) is 0 Å². The van der Waals surface area contributed by atoms with Gasteiger partial charge >= 0.3 is 0 Å². The van der Waals surface area contributed by atoms with Gasteiger partial charge in [-0.3, -0.25) is 0 Å². The molecule has 0 radical (unpaired) electrons. The first-order chi connectivity index (χ1) is 9.70. The second-order valence-electron chi connectivity index (χ2n) is 7.22. The molecule has 1 saturated carbocycles. The van der Waals surface area contributed by atoms with Crippen LogP contribution >= 0.6 is 0 Å². The Balaban J connectivity index is 2.35. The van der Waals surface area contributed by atoms with Crippen LogP contribution in [0.2, 0.25) is 0 Å². The van der Waals surface area contributed by atoms with Crippen LogP contribution in [0.3, 0.4) is 0 Å². The number of unbranched alkanes of at least 4 members (excludes halogenated alkanes) is 5. The van der Waals surface area contributed by atoms with Gasteiger partial charge in [-0.1, -0.05) is 72.0 Å². The molecule has 0 saturated heterocycles. The summed E-state index contributed by atoms with van der Waals surface area (Å²) in [5, 5.41) is 0. The summed E-state index contributed by atoms with van der Waals surface area (Å²) in [6, 6.07) is 0. The highest BCUT2D eigenvalue weighted by atomic mass is 14.4. The summed E-state index contributed by atoms with van der Waals surface area (Å²) >= 11 is 0. The molecule has 1 fully saturated rings. The van der Waals surface area contributed by atoms with Gasteiger partial charge in [-0.25, -0.2) is 0 Å². The van der Waals surface area contributed by atoms with Crippen LogP contribution in [-0.2, 0) is 0 Å². The predicted octanol–water partition coefficient (Wildman–Crippen LogP) is 7.00. The summed E-state index contributed by atoms with van der Waals surface area (Å²) in [5.74, 6) is 3.86. The molecule has 0 N–H and O–H groups in total. The molecule has 20 heavy (non-hydrogen) atoms. The highest BCUT2D eigenvalue weighted by Gasteiger charge is 2.36. The molecule has 0 spiro atoms. The van der Waals surface area contributed by atoms with Gasteiger partial charge in [0, 0.05) is 0 Å². The average molecular weight is 279 g/mol. The Hall–Kier alpha value is -0.260. The minimum Gasteiger partial charge on any atom is -0.0885 e. The van der Waals surface area contributed by atoms with Gasteiger partial charge in [-0.2, -0.15) is 0 Å². The van der Waals surface area contributed by atoms with E-state index < -0.39 is 0 Å². The van der Waals surface area contributed by atoms with Crippen molar-refractivity contribution in [1.82, 2.24) is 0 Å². The maximum Gasteiger partial charge on any atom is -0.0317 e. The van der Waals surface area contributed by atoms with Gasteiger partial charge in [-0.05, 0) is 55.8 Å². The normalized spacial score (nSPS) is 30.4. The summed E-state index contributed by atoms with van der Waals surface area (Å²) in [6.45, 7) is 9.59. The average Bonchev–Trinajstić information content (AvgIpc) is 2.69. The molecule has 1 rings (SSSR count). The minimum atomic E-state index is 0.942. The van der Waals surface area contributed by atoms with Crippen molar-refractivity contribution in [3.8, 4) is 0 Å². The number of hydrogen-bond acceptors (Lipinski definition) is 0. The van der Waals surface area contributed by atoms with Crippen LogP contribution < -0.4 is 0 Å². The molecule has 0 aromatic rings. The zero-order chi connectivity index (χ0) is 14.8. The van der Waals surface area contributed by atoms with Crippen molar-refractivity contribution in [2.24, 2.45) is 23.7 Å². The van der Waals surface area contributed by atoms with Crippen LogP contribution in [0.1, 0.15) is 91.9 Å². The van der Waals surface area contributed by atoms with E-state index in [4.69, 9.17) is 0 Å². The smallest absolute Gasteiger partial charge is 0.0317 e.